The summed E-state index contributed by atoms with van der Waals surface area (Å²) in [6.07, 6.45) is 2.87. The fourth-order valence-corrected chi connectivity index (χ4v) is 4.36. The first-order chi connectivity index (χ1) is 11.4. The number of hydrogen-bond donors (Lipinski definition) is 0. The fourth-order valence-electron chi connectivity index (χ4n) is 2.90. The van der Waals surface area contributed by atoms with E-state index in [-0.39, 0.29) is 17.1 Å². The summed E-state index contributed by atoms with van der Waals surface area (Å²) in [7, 11) is -3.72. The Morgan fingerprint density at radius 3 is 2.33 bits per heavy atom. The van der Waals surface area contributed by atoms with Crippen LogP contribution in [0.4, 0.5) is 0 Å². The van der Waals surface area contributed by atoms with Crippen LogP contribution < -0.4 is 0 Å². The van der Waals surface area contributed by atoms with Gasteiger partial charge in [0.2, 0.25) is 0 Å². The van der Waals surface area contributed by atoms with Gasteiger partial charge in [0.15, 0.2) is 5.78 Å². The van der Waals surface area contributed by atoms with Crippen molar-refractivity contribution < 1.29 is 13.2 Å². The number of allylic oxidation sites excluding steroid dienone is 1. The first-order valence-electron chi connectivity index (χ1n) is 7.76. The van der Waals surface area contributed by atoms with Crippen LogP contribution in [0.5, 0.6) is 0 Å². The minimum atomic E-state index is -3.72. The molecule has 0 unspecified atom stereocenters. The minimum Gasteiger partial charge on any atom is -0.295 e. The summed E-state index contributed by atoms with van der Waals surface area (Å²) in [5, 5.41) is 0. The molecule has 0 aliphatic carbocycles. The largest absolute Gasteiger partial charge is 0.295 e. The van der Waals surface area contributed by atoms with E-state index in [0.29, 0.717) is 0 Å². The molecule has 0 saturated carbocycles. The van der Waals surface area contributed by atoms with Gasteiger partial charge >= 0.3 is 0 Å². The molecule has 0 radical (unpaired) electrons. The molecule has 1 aliphatic heterocycles. The number of hydrogen-bond acceptors (Lipinski definition) is 3. The molecule has 0 saturated heterocycles. The second-order valence-corrected chi connectivity index (χ2v) is 7.85. The van der Waals surface area contributed by atoms with Crippen molar-refractivity contribution in [2.45, 2.75) is 31.2 Å². The van der Waals surface area contributed by atoms with Crippen molar-refractivity contribution in [2.24, 2.45) is 0 Å². The summed E-state index contributed by atoms with van der Waals surface area (Å²) in [5.41, 5.74) is 2.81. The lowest BCUT2D eigenvalue weighted by Crippen LogP contribution is -2.34. The van der Waals surface area contributed by atoms with Gasteiger partial charge in [0, 0.05) is 12.6 Å². The molecule has 1 aliphatic rings. The van der Waals surface area contributed by atoms with E-state index in [1.165, 1.54) is 16.6 Å². The Morgan fingerprint density at radius 2 is 1.67 bits per heavy atom. The van der Waals surface area contributed by atoms with Crippen molar-refractivity contribution in [3.8, 4) is 0 Å². The number of sulfonamides is 1. The van der Waals surface area contributed by atoms with Crippen molar-refractivity contribution in [1.29, 1.82) is 0 Å². The van der Waals surface area contributed by atoms with Gasteiger partial charge in [-0.05, 0) is 43.2 Å². The Labute approximate surface area is 142 Å². The third kappa shape index (κ3) is 2.99. The lowest BCUT2D eigenvalue weighted by atomic mass is 9.95. The van der Waals surface area contributed by atoms with E-state index in [0.717, 1.165) is 16.7 Å². The molecule has 124 valence electrons. The molecular weight excluding hydrogens is 322 g/mol. The van der Waals surface area contributed by atoms with E-state index in [9.17, 15) is 13.2 Å². The van der Waals surface area contributed by atoms with Crippen molar-refractivity contribution in [2.75, 3.05) is 0 Å². The van der Waals surface area contributed by atoms with Crippen LogP contribution in [-0.4, -0.2) is 18.5 Å². The molecule has 2 aromatic rings. The summed E-state index contributed by atoms with van der Waals surface area (Å²) in [4.78, 5) is 12.1. The summed E-state index contributed by atoms with van der Waals surface area (Å²) in [5.74, 6) is -0.0707. The number of nitrogens with zero attached hydrogens (tertiary/aromatic N) is 1. The lowest BCUT2D eigenvalue weighted by Gasteiger charge is -2.33. The maximum Gasteiger partial charge on any atom is 0.264 e. The smallest absolute Gasteiger partial charge is 0.264 e. The zero-order valence-electron chi connectivity index (χ0n) is 13.6. The Hall–Kier alpha value is -2.40. The predicted molar refractivity (Wildman–Crippen MR) is 92.9 cm³/mol. The van der Waals surface area contributed by atoms with Gasteiger partial charge in [0.05, 0.1) is 10.9 Å². The van der Waals surface area contributed by atoms with E-state index >= 15 is 0 Å². The topological polar surface area (TPSA) is 54.5 Å². The zero-order valence-corrected chi connectivity index (χ0v) is 14.5. The maximum absolute atomic E-state index is 13.1. The van der Waals surface area contributed by atoms with Crippen molar-refractivity contribution in [3.63, 3.8) is 0 Å². The van der Waals surface area contributed by atoms with Crippen LogP contribution in [0, 0.1) is 13.8 Å². The molecule has 0 bridgehead atoms. The molecule has 2 aromatic carbocycles. The summed E-state index contributed by atoms with van der Waals surface area (Å²) < 4.78 is 27.4. The molecule has 4 nitrogen and oxygen atoms in total. The van der Waals surface area contributed by atoms with Crippen LogP contribution in [0.25, 0.3) is 0 Å². The number of carbonyl (C=O) groups is 1. The van der Waals surface area contributed by atoms with Crippen LogP contribution in [0.3, 0.4) is 0 Å². The fraction of sp³-hybridized carbons (Fsp3) is 0.211. The number of rotatable bonds is 3. The van der Waals surface area contributed by atoms with Gasteiger partial charge < -0.3 is 0 Å². The molecule has 1 heterocycles. The Morgan fingerprint density at radius 1 is 1.00 bits per heavy atom. The molecule has 0 fully saturated rings. The third-order valence-electron chi connectivity index (χ3n) is 4.25. The quantitative estimate of drug-likeness (QED) is 0.858. The first kappa shape index (κ1) is 16.5. The first-order valence-corrected chi connectivity index (χ1v) is 9.20. The minimum absolute atomic E-state index is 0.0707. The predicted octanol–water partition coefficient (Wildman–Crippen LogP) is 3.52. The van der Waals surface area contributed by atoms with Crippen LogP contribution >= 0.6 is 0 Å². The third-order valence-corrected chi connectivity index (χ3v) is 6.05. The highest BCUT2D eigenvalue weighted by Crippen LogP contribution is 2.35. The summed E-state index contributed by atoms with van der Waals surface area (Å²) in [6.45, 7) is 3.83. The Bertz CT molecular complexity index is 898. The molecule has 0 amide bonds. The second kappa shape index (κ2) is 6.24. The van der Waals surface area contributed by atoms with Crippen LogP contribution in [0.1, 0.15) is 29.2 Å². The molecule has 24 heavy (non-hydrogen) atoms. The summed E-state index contributed by atoms with van der Waals surface area (Å²) >= 11 is 0. The molecule has 0 spiro atoms. The molecule has 0 N–H and O–H groups in total. The lowest BCUT2D eigenvalue weighted by molar-refractivity contribution is -0.115. The molecule has 1 atom stereocenters. The van der Waals surface area contributed by atoms with Gasteiger partial charge in [0.25, 0.3) is 10.0 Å². The van der Waals surface area contributed by atoms with Crippen LogP contribution in [0.15, 0.2) is 65.7 Å². The van der Waals surface area contributed by atoms with Gasteiger partial charge in [-0.25, -0.2) is 8.42 Å². The normalized spacial score (nSPS) is 18.0. The second-order valence-electron chi connectivity index (χ2n) is 6.01. The van der Waals surface area contributed by atoms with Crippen molar-refractivity contribution >= 4 is 15.8 Å². The molecule has 0 aromatic heterocycles. The number of ketones is 1. The van der Waals surface area contributed by atoms with Crippen molar-refractivity contribution in [3.05, 3.63) is 77.5 Å². The van der Waals surface area contributed by atoms with E-state index in [1.807, 2.05) is 38.1 Å². The van der Waals surface area contributed by atoms with E-state index < -0.39 is 16.1 Å². The number of carbonyl (C=O) groups excluding carboxylic acids is 1. The molecule has 5 heteroatoms. The Balaban J connectivity index is 2.09. The maximum atomic E-state index is 13.1. The van der Waals surface area contributed by atoms with Gasteiger partial charge in [-0.3, -0.25) is 9.10 Å². The average molecular weight is 341 g/mol. The number of benzene rings is 2. The van der Waals surface area contributed by atoms with Crippen LogP contribution in [-0.2, 0) is 14.8 Å². The highest BCUT2D eigenvalue weighted by atomic mass is 32.2. The van der Waals surface area contributed by atoms with E-state index in [2.05, 4.69) is 0 Å². The molecule has 3 rings (SSSR count). The van der Waals surface area contributed by atoms with Gasteiger partial charge in [-0.1, -0.05) is 42.0 Å². The van der Waals surface area contributed by atoms with Gasteiger partial charge in [0.1, 0.15) is 0 Å². The van der Waals surface area contributed by atoms with Gasteiger partial charge in [-0.15, -0.1) is 0 Å². The van der Waals surface area contributed by atoms with Gasteiger partial charge in [-0.2, -0.15) is 0 Å². The SMILES string of the molecule is Cc1ccc(S(=O)(=O)N2C=CC(=O)C[C@@H]2c2ccccc2C)cc1. The van der Waals surface area contributed by atoms with E-state index in [1.54, 1.807) is 24.3 Å². The number of aryl methyl sites for hydroxylation is 2. The summed E-state index contributed by atoms with van der Waals surface area (Å²) in [6, 6.07) is 13.8. The average Bonchev–Trinajstić information content (AvgIpc) is 2.55. The molecular formula is C19H19NO3S. The highest BCUT2D eigenvalue weighted by Gasteiger charge is 2.34. The standard InChI is InChI=1S/C19H19NO3S/c1-14-7-9-17(10-8-14)24(22,23)20-12-11-16(21)13-19(20)18-6-4-3-5-15(18)2/h3-12,19H,13H2,1-2H3/t19-/m1/s1. The monoisotopic (exact) mass is 341 g/mol. The van der Waals surface area contributed by atoms with Crippen LogP contribution in [0.2, 0.25) is 0 Å². The van der Waals surface area contributed by atoms with Crippen molar-refractivity contribution in [1.82, 2.24) is 4.31 Å². The Kier molecular flexibility index (Phi) is 4.28. The highest BCUT2D eigenvalue weighted by molar-refractivity contribution is 7.89. The van der Waals surface area contributed by atoms with E-state index in [4.69, 9.17) is 0 Å². The zero-order chi connectivity index (χ0) is 17.3.